The number of thioether (sulfide) groups is 1. The van der Waals surface area contributed by atoms with Crippen LogP contribution in [-0.2, 0) is 11.5 Å². The molecule has 0 aliphatic heterocycles. The van der Waals surface area contributed by atoms with Gasteiger partial charge in [-0.25, -0.2) is 4.98 Å². The zero-order chi connectivity index (χ0) is 13.0. The van der Waals surface area contributed by atoms with Crippen LogP contribution < -0.4 is 5.73 Å². The summed E-state index contributed by atoms with van der Waals surface area (Å²) in [5, 5.41) is 0.682. The lowest BCUT2D eigenvalue weighted by molar-refractivity contribution is 1.18. The molecule has 1 aromatic heterocycles. The zero-order valence-corrected chi connectivity index (χ0v) is 11.8. The molecule has 0 fully saturated rings. The number of hydrogen-bond donors (Lipinski definition) is 1. The van der Waals surface area contributed by atoms with E-state index in [1.165, 1.54) is 11.1 Å². The molecule has 0 amide bonds. The molecule has 0 unspecified atom stereocenters. The SMILES string of the molecule is Cc1ccccc1CSCc1nc(N)ccc1Cl. The summed E-state index contributed by atoms with van der Waals surface area (Å²) < 4.78 is 0. The maximum atomic E-state index is 6.08. The molecule has 0 saturated carbocycles. The van der Waals surface area contributed by atoms with Gasteiger partial charge in [-0.2, -0.15) is 11.8 Å². The largest absolute Gasteiger partial charge is 0.384 e. The van der Waals surface area contributed by atoms with Crippen LogP contribution in [0.2, 0.25) is 5.02 Å². The molecular formula is C14H15ClN2S. The van der Waals surface area contributed by atoms with Crippen LogP contribution in [-0.4, -0.2) is 4.98 Å². The Morgan fingerprint density at radius 2 is 1.94 bits per heavy atom. The van der Waals surface area contributed by atoms with Crippen molar-refractivity contribution in [2.45, 2.75) is 18.4 Å². The Bertz CT molecular complexity index is 543. The van der Waals surface area contributed by atoms with Gasteiger partial charge in [-0.15, -0.1) is 0 Å². The van der Waals surface area contributed by atoms with Crippen molar-refractivity contribution in [1.82, 2.24) is 4.98 Å². The molecule has 0 bridgehead atoms. The highest BCUT2D eigenvalue weighted by Gasteiger charge is 2.04. The molecule has 18 heavy (non-hydrogen) atoms. The van der Waals surface area contributed by atoms with Crippen LogP contribution in [0.3, 0.4) is 0 Å². The van der Waals surface area contributed by atoms with Gasteiger partial charge in [0, 0.05) is 11.5 Å². The third-order valence-corrected chi connectivity index (χ3v) is 4.03. The summed E-state index contributed by atoms with van der Waals surface area (Å²) in [5.74, 6) is 2.25. The molecule has 1 heterocycles. The van der Waals surface area contributed by atoms with Crippen molar-refractivity contribution < 1.29 is 0 Å². The second kappa shape index (κ2) is 6.12. The summed E-state index contributed by atoms with van der Waals surface area (Å²) in [6.07, 6.45) is 0. The Labute approximate surface area is 117 Å². The molecule has 0 radical (unpaired) electrons. The lowest BCUT2D eigenvalue weighted by Crippen LogP contribution is -1.95. The number of halogens is 1. The smallest absolute Gasteiger partial charge is 0.123 e. The number of nitrogens with two attached hydrogens (primary N) is 1. The average molecular weight is 279 g/mol. The summed E-state index contributed by atoms with van der Waals surface area (Å²) in [7, 11) is 0. The molecule has 2 nitrogen and oxygen atoms in total. The monoisotopic (exact) mass is 278 g/mol. The summed E-state index contributed by atoms with van der Waals surface area (Å²) in [6, 6.07) is 11.9. The Hall–Kier alpha value is -1.19. The van der Waals surface area contributed by atoms with Gasteiger partial charge in [-0.3, -0.25) is 0 Å². The lowest BCUT2D eigenvalue weighted by Gasteiger charge is -2.06. The molecular weight excluding hydrogens is 264 g/mol. The van der Waals surface area contributed by atoms with Crippen LogP contribution >= 0.6 is 23.4 Å². The topological polar surface area (TPSA) is 38.9 Å². The minimum absolute atomic E-state index is 0.519. The van der Waals surface area contributed by atoms with Crippen LogP contribution in [0.1, 0.15) is 16.8 Å². The summed E-state index contributed by atoms with van der Waals surface area (Å²) >= 11 is 7.87. The molecule has 0 aliphatic rings. The van der Waals surface area contributed by atoms with Gasteiger partial charge in [0.1, 0.15) is 5.82 Å². The van der Waals surface area contributed by atoms with Gasteiger partial charge in [0.05, 0.1) is 10.7 Å². The van der Waals surface area contributed by atoms with Crippen LogP contribution in [0.25, 0.3) is 0 Å². The number of rotatable bonds is 4. The number of anilines is 1. The third-order valence-electron chi connectivity index (χ3n) is 2.70. The fraction of sp³-hybridized carbons (Fsp3) is 0.214. The Balaban J connectivity index is 1.96. The second-order valence-electron chi connectivity index (χ2n) is 4.08. The van der Waals surface area contributed by atoms with Crippen molar-refractivity contribution in [1.29, 1.82) is 0 Å². The first-order chi connectivity index (χ1) is 8.66. The van der Waals surface area contributed by atoms with Crippen LogP contribution in [0.15, 0.2) is 36.4 Å². The number of pyridine rings is 1. The summed E-state index contributed by atoms with van der Waals surface area (Å²) in [4.78, 5) is 4.25. The molecule has 94 valence electrons. The second-order valence-corrected chi connectivity index (χ2v) is 5.48. The number of nitrogens with zero attached hydrogens (tertiary/aromatic N) is 1. The number of nitrogen functional groups attached to an aromatic ring is 1. The quantitative estimate of drug-likeness (QED) is 0.917. The van der Waals surface area contributed by atoms with E-state index in [9.17, 15) is 0 Å². The van der Waals surface area contributed by atoms with E-state index in [1.807, 2.05) is 0 Å². The standard InChI is InChI=1S/C14H15ClN2S/c1-10-4-2-3-5-11(10)8-18-9-13-12(15)6-7-14(16)17-13/h2-7H,8-9H2,1H3,(H2,16,17). The lowest BCUT2D eigenvalue weighted by atomic mass is 10.1. The van der Waals surface area contributed by atoms with Crippen LogP contribution in [0.5, 0.6) is 0 Å². The van der Waals surface area contributed by atoms with Crippen molar-refractivity contribution in [3.8, 4) is 0 Å². The van der Waals surface area contributed by atoms with Crippen molar-refractivity contribution in [3.63, 3.8) is 0 Å². The molecule has 4 heteroatoms. The maximum Gasteiger partial charge on any atom is 0.123 e. The minimum Gasteiger partial charge on any atom is -0.384 e. The summed E-state index contributed by atoms with van der Waals surface area (Å²) in [6.45, 7) is 2.13. The van der Waals surface area contributed by atoms with E-state index >= 15 is 0 Å². The highest BCUT2D eigenvalue weighted by Crippen LogP contribution is 2.23. The van der Waals surface area contributed by atoms with E-state index in [0.29, 0.717) is 10.8 Å². The Morgan fingerprint density at radius 3 is 2.72 bits per heavy atom. The number of aryl methyl sites for hydroxylation is 1. The highest BCUT2D eigenvalue weighted by molar-refractivity contribution is 7.97. The predicted octanol–water partition coefficient (Wildman–Crippen LogP) is 4.06. The first kappa shape index (κ1) is 13.2. The van der Waals surface area contributed by atoms with E-state index in [2.05, 4.69) is 36.2 Å². The van der Waals surface area contributed by atoms with Crippen molar-refractivity contribution >= 4 is 29.2 Å². The van der Waals surface area contributed by atoms with Gasteiger partial charge in [0.25, 0.3) is 0 Å². The summed E-state index contributed by atoms with van der Waals surface area (Å²) in [5.41, 5.74) is 9.18. The zero-order valence-electron chi connectivity index (χ0n) is 10.2. The maximum absolute atomic E-state index is 6.08. The molecule has 2 rings (SSSR count). The van der Waals surface area contributed by atoms with E-state index in [1.54, 1.807) is 23.9 Å². The van der Waals surface area contributed by atoms with Crippen molar-refractivity contribution in [3.05, 3.63) is 58.2 Å². The van der Waals surface area contributed by atoms with E-state index in [4.69, 9.17) is 17.3 Å². The normalized spacial score (nSPS) is 10.6. The fourth-order valence-electron chi connectivity index (χ4n) is 1.63. The van der Waals surface area contributed by atoms with E-state index in [-0.39, 0.29) is 0 Å². The molecule has 0 atom stereocenters. The first-order valence-corrected chi connectivity index (χ1v) is 7.23. The van der Waals surface area contributed by atoms with E-state index in [0.717, 1.165) is 17.2 Å². The highest BCUT2D eigenvalue weighted by atomic mass is 35.5. The predicted molar refractivity (Wildman–Crippen MR) is 79.8 cm³/mol. The average Bonchev–Trinajstić information content (AvgIpc) is 2.36. The molecule has 0 saturated heterocycles. The van der Waals surface area contributed by atoms with Gasteiger partial charge in [0.15, 0.2) is 0 Å². The van der Waals surface area contributed by atoms with Gasteiger partial charge in [-0.1, -0.05) is 35.9 Å². The molecule has 0 aliphatic carbocycles. The molecule has 2 N–H and O–H groups in total. The Morgan fingerprint density at radius 1 is 1.17 bits per heavy atom. The van der Waals surface area contributed by atoms with Gasteiger partial charge in [-0.05, 0) is 30.2 Å². The molecule has 2 aromatic rings. The van der Waals surface area contributed by atoms with Crippen LogP contribution in [0, 0.1) is 6.92 Å². The number of aromatic nitrogens is 1. The number of benzene rings is 1. The van der Waals surface area contributed by atoms with Gasteiger partial charge >= 0.3 is 0 Å². The van der Waals surface area contributed by atoms with Crippen LogP contribution in [0.4, 0.5) is 5.82 Å². The molecule has 1 aromatic carbocycles. The Kier molecular flexibility index (Phi) is 4.50. The third kappa shape index (κ3) is 3.40. The van der Waals surface area contributed by atoms with Crippen molar-refractivity contribution in [2.75, 3.05) is 5.73 Å². The van der Waals surface area contributed by atoms with E-state index < -0.39 is 0 Å². The minimum atomic E-state index is 0.519. The van der Waals surface area contributed by atoms with Crippen molar-refractivity contribution in [2.24, 2.45) is 0 Å². The first-order valence-electron chi connectivity index (χ1n) is 5.70. The molecule has 0 spiro atoms. The fourth-order valence-corrected chi connectivity index (χ4v) is 2.94. The van der Waals surface area contributed by atoms with Gasteiger partial charge in [0.2, 0.25) is 0 Å². The number of hydrogen-bond acceptors (Lipinski definition) is 3. The van der Waals surface area contributed by atoms with Gasteiger partial charge < -0.3 is 5.73 Å².